The van der Waals surface area contributed by atoms with E-state index in [4.69, 9.17) is 9.47 Å². The minimum atomic E-state index is -0.301. The Bertz CT molecular complexity index is 1220. The predicted molar refractivity (Wildman–Crippen MR) is 123 cm³/mol. The van der Waals surface area contributed by atoms with E-state index in [9.17, 15) is 9.59 Å². The first kappa shape index (κ1) is 21.1. The first-order valence-electron chi connectivity index (χ1n) is 11.1. The van der Waals surface area contributed by atoms with Crippen molar-refractivity contribution >= 4 is 17.6 Å². The van der Waals surface area contributed by atoms with E-state index >= 15 is 0 Å². The third-order valence-corrected chi connectivity index (χ3v) is 6.23. The van der Waals surface area contributed by atoms with E-state index in [1.807, 2.05) is 43.3 Å². The lowest BCUT2D eigenvalue weighted by atomic mass is 9.90. The van der Waals surface area contributed by atoms with Crippen LogP contribution in [0.2, 0.25) is 0 Å². The van der Waals surface area contributed by atoms with Crippen LogP contribution in [0.3, 0.4) is 0 Å². The first-order chi connectivity index (χ1) is 16.0. The molecule has 0 bridgehead atoms. The van der Waals surface area contributed by atoms with Gasteiger partial charge in [0.05, 0.1) is 12.5 Å². The van der Waals surface area contributed by atoms with Gasteiger partial charge in [-0.25, -0.2) is 0 Å². The Morgan fingerprint density at radius 3 is 2.76 bits per heavy atom. The van der Waals surface area contributed by atoms with Gasteiger partial charge in [0.1, 0.15) is 13.2 Å². The molecule has 1 atom stereocenters. The summed E-state index contributed by atoms with van der Waals surface area (Å²) >= 11 is 0. The third-order valence-electron chi connectivity index (χ3n) is 6.23. The van der Waals surface area contributed by atoms with Crippen LogP contribution >= 0.6 is 0 Å². The summed E-state index contributed by atoms with van der Waals surface area (Å²) in [4.78, 5) is 27.2. The average molecular weight is 447 g/mol. The zero-order chi connectivity index (χ0) is 22.9. The molecule has 0 radical (unpaired) electrons. The molecule has 1 unspecified atom stereocenters. The molecule has 8 nitrogen and oxygen atoms in total. The lowest BCUT2D eigenvalue weighted by Crippen LogP contribution is -2.40. The number of aromatic amines is 1. The summed E-state index contributed by atoms with van der Waals surface area (Å²) in [5, 5.41) is 10.2. The van der Waals surface area contributed by atoms with Crippen LogP contribution in [0, 0.1) is 6.92 Å². The molecule has 0 aliphatic carbocycles. The molecule has 2 aliphatic rings. The number of aromatic nitrogens is 2. The largest absolute Gasteiger partial charge is 0.486 e. The maximum Gasteiger partial charge on any atom is 0.228 e. The monoisotopic (exact) mass is 446 g/mol. The van der Waals surface area contributed by atoms with Crippen molar-refractivity contribution < 1.29 is 19.1 Å². The first-order valence-corrected chi connectivity index (χ1v) is 11.1. The Hall–Kier alpha value is -3.81. The number of hydrogen-bond acceptors (Lipinski definition) is 5. The fourth-order valence-corrected chi connectivity index (χ4v) is 4.68. The Kier molecular flexibility index (Phi) is 5.50. The number of carbonyl (C=O) groups excluding carboxylic acids is 2. The molecule has 3 heterocycles. The smallest absolute Gasteiger partial charge is 0.228 e. The van der Waals surface area contributed by atoms with Crippen molar-refractivity contribution in [3.8, 4) is 22.6 Å². The number of nitrogens with one attached hydrogen (secondary N) is 2. The van der Waals surface area contributed by atoms with Crippen molar-refractivity contribution in [1.29, 1.82) is 0 Å². The molecular weight excluding hydrogens is 420 g/mol. The number of aryl methyl sites for hydroxylation is 1. The van der Waals surface area contributed by atoms with Crippen LogP contribution in [-0.2, 0) is 16.0 Å². The van der Waals surface area contributed by atoms with Gasteiger partial charge < -0.3 is 19.7 Å². The second-order valence-corrected chi connectivity index (χ2v) is 8.36. The number of nitrogens with zero attached hydrogens (tertiary/aromatic N) is 2. The number of fused-ring (bicyclic) bond motifs is 2. The number of anilines is 1. The van der Waals surface area contributed by atoms with Crippen LogP contribution in [0.1, 0.15) is 36.2 Å². The highest BCUT2D eigenvalue weighted by Crippen LogP contribution is 2.38. The van der Waals surface area contributed by atoms with E-state index in [1.165, 1.54) is 5.56 Å². The van der Waals surface area contributed by atoms with Gasteiger partial charge in [0.25, 0.3) is 0 Å². The Morgan fingerprint density at radius 1 is 1.15 bits per heavy atom. The summed E-state index contributed by atoms with van der Waals surface area (Å²) in [6, 6.07) is 13.4. The number of carbonyl (C=O) groups is 2. The van der Waals surface area contributed by atoms with E-state index in [1.54, 1.807) is 11.8 Å². The van der Waals surface area contributed by atoms with Gasteiger partial charge in [0, 0.05) is 24.7 Å². The highest BCUT2D eigenvalue weighted by atomic mass is 16.6. The molecular formula is C25H26N4O4. The molecule has 0 saturated heterocycles. The maximum atomic E-state index is 13.1. The molecule has 2 amide bonds. The molecule has 2 aromatic carbocycles. The minimum absolute atomic E-state index is 0.0325. The van der Waals surface area contributed by atoms with Crippen molar-refractivity contribution in [2.75, 3.05) is 25.1 Å². The van der Waals surface area contributed by atoms with Gasteiger partial charge >= 0.3 is 0 Å². The highest BCUT2D eigenvalue weighted by molar-refractivity contribution is 5.95. The quantitative estimate of drug-likeness (QED) is 0.638. The van der Waals surface area contributed by atoms with Gasteiger partial charge in [-0.3, -0.25) is 14.7 Å². The summed E-state index contributed by atoms with van der Waals surface area (Å²) in [5.41, 5.74) is 4.71. The fourth-order valence-electron chi connectivity index (χ4n) is 4.68. The van der Waals surface area contributed by atoms with E-state index in [2.05, 4.69) is 21.6 Å². The molecule has 170 valence electrons. The summed E-state index contributed by atoms with van der Waals surface area (Å²) in [7, 11) is 0. The normalized spacial score (nSPS) is 16.8. The second kappa shape index (κ2) is 8.61. The van der Waals surface area contributed by atoms with E-state index in [-0.39, 0.29) is 24.3 Å². The van der Waals surface area contributed by atoms with Gasteiger partial charge in [0.2, 0.25) is 11.8 Å². The summed E-state index contributed by atoms with van der Waals surface area (Å²) in [6.45, 7) is 5.09. The molecule has 0 fully saturated rings. The third kappa shape index (κ3) is 4.04. The molecule has 33 heavy (non-hydrogen) atoms. The van der Waals surface area contributed by atoms with Gasteiger partial charge in [-0.1, -0.05) is 30.3 Å². The van der Waals surface area contributed by atoms with Crippen LogP contribution in [0.5, 0.6) is 11.5 Å². The molecule has 5 rings (SSSR count). The fraction of sp³-hybridized carbons (Fsp3) is 0.320. The van der Waals surface area contributed by atoms with Crippen LogP contribution in [0.15, 0.2) is 42.5 Å². The van der Waals surface area contributed by atoms with E-state index in [0.29, 0.717) is 37.1 Å². The molecule has 8 heteroatoms. The molecule has 2 N–H and O–H groups in total. The number of H-pyrrole nitrogens is 1. The molecule has 1 aromatic heterocycles. The Labute approximate surface area is 191 Å². The minimum Gasteiger partial charge on any atom is -0.486 e. The van der Waals surface area contributed by atoms with E-state index < -0.39 is 0 Å². The molecule has 0 saturated carbocycles. The second-order valence-electron chi connectivity index (χ2n) is 8.36. The zero-order valence-corrected chi connectivity index (χ0v) is 18.7. The Morgan fingerprint density at radius 2 is 1.94 bits per heavy atom. The van der Waals surface area contributed by atoms with Crippen LogP contribution in [0.4, 0.5) is 5.82 Å². The number of ether oxygens (including phenoxy) is 2. The lowest BCUT2D eigenvalue weighted by Gasteiger charge is -2.36. The maximum absolute atomic E-state index is 13.1. The summed E-state index contributed by atoms with van der Waals surface area (Å²) in [5.74, 6) is 1.60. The van der Waals surface area contributed by atoms with Crippen molar-refractivity contribution in [2.45, 2.75) is 32.7 Å². The summed E-state index contributed by atoms with van der Waals surface area (Å²) < 4.78 is 11.3. The van der Waals surface area contributed by atoms with Crippen molar-refractivity contribution in [1.82, 2.24) is 15.1 Å². The average Bonchev–Trinajstić information content (AvgIpc) is 3.18. The lowest BCUT2D eigenvalue weighted by molar-refractivity contribution is -0.132. The number of rotatable bonds is 4. The number of hydrogen-bond donors (Lipinski definition) is 2. The van der Waals surface area contributed by atoms with Gasteiger partial charge in [-0.15, -0.1) is 0 Å². The van der Waals surface area contributed by atoms with Crippen LogP contribution < -0.4 is 14.8 Å². The number of amides is 2. The standard InChI is InChI=1S/C25H26N4O4/c1-15-24(18-7-8-21-22(13-18)33-12-11-32-21)25(28-27-15)26-23(31)14-20-19-6-4-3-5-17(19)9-10-29(20)16(2)30/h3-8,13,20H,9-12,14H2,1-2H3,(H2,26,27,28,31). The van der Waals surface area contributed by atoms with Gasteiger partial charge in [0.15, 0.2) is 17.3 Å². The number of benzene rings is 2. The van der Waals surface area contributed by atoms with Crippen molar-refractivity contribution in [3.05, 3.63) is 59.3 Å². The topological polar surface area (TPSA) is 96.6 Å². The van der Waals surface area contributed by atoms with Gasteiger partial charge in [-0.05, 0) is 42.2 Å². The zero-order valence-electron chi connectivity index (χ0n) is 18.7. The van der Waals surface area contributed by atoms with Crippen molar-refractivity contribution in [3.63, 3.8) is 0 Å². The molecule has 0 spiro atoms. The van der Waals surface area contributed by atoms with Crippen LogP contribution in [0.25, 0.3) is 11.1 Å². The SMILES string of the molecule is CC(=O)N1CCc2ccccc2C1CC(=O)Nc1n[nH]c(C)c1-c1ccc2c(c1)OCCO2. The summed E-state index contributed by atoms with van der Waals surface area (Å²) in [6.07, 6.45) is 0.948. The van der Waals surface area contributed by atoms with E-state index in [0.717, 1.165) is 28.8 Å². The van der Waals surface area contributed by atoms with Crippen molar-refractivity contribution in [2.24, 2.45) is 0 Å². The predicted octanol–water partition coefficient (Wildman–Crippen LogP) is 3.63. The highest BCUT2D eigenvalue weighted by Gasteiger charge is 2.31. The molecule has 3 aromatic rings. The van der Waals surface area contributed by atoms with Crippen LogP contribution in [-0.4, -0.2) is 46.7 Å². The Balaban J connectivity index is 1.40. The van der Waals surface area contributed by atoms with Gasteiger partial charge in [-0.2, -0.15) is 5.10 Å². The molecule has 2 aliphatic heterocycles.